The molecule has 164 valence electrons. The number of hydrogen-bond acceptors (Lipinski definition) is 3. The van der Waals surface area contributed by atoms with Crippen LogP contribution >= 0.6 is 0 Å². The summed E-state index contributed by atoms with van der Waals surface area (Å²) in [6, 6.07) is 32.4. The van der Waals surface area contributed by atoms with E-state index in [9.17, 15) is 0 Å². The Morgan fingerprint density at radius 1 is 0.781 bits per heavy atom. The van der Waals surface area contributed by atoms with E-state index in [1.54, 1.807) is 0 Å². The molecule has 0 saturated carbocycles. The largest absolute Gasteiger partial charge is 0.343 e. The van der Waals surface area contributed by atoms with Crippen LogP contribution < -0.4 is 0 Å². The molecule has 0 radical (unpaired) electrons. The fourth-order valence-electron chi connectivity index (χ4n) is 4.96. The molecule has 1 fully saturated rings. The predicted octanol–water partition coefficient (Wildman–Crippen LogP) is 5.68. The third-order valence-corrected chi connectivity index (χ3v) is 6.66. The predicted molar refractivity (Wildman–Crippen MR) is 129 cm³/mol. The van der Waals surface area contributed by atoms with Crippen molar-refractivity contribution >= 4 is 5.57 Å². The second kappa shape index (κ2) is 9.83. The minimum Gasteiger partial charge on any atom is -0.343 e. The molecule has 1 saturated heterocycles. The number of ether oxygens (including phenoxy) is 2. The lowest BCUT2D eigenvalue weighted by Gasteiger charge is -2.37. The summed E-state index contributed by atoms with van der Waals surface area (Å²) >= 11 is 0. The molecule has 3 aromatic rings. The molecular formula is C29H31NO2. The molecule has 2 heterocycles. The Balaban J connectivity index is 1.37. The molecule has 0 spiro atoms. The number of hydrogen-bond donors (Lipinski definition) is 0. The highest BCUT2D eigenvalue weighted by Gasteiger charge is 2.39. The van der Waals surface area contributed by atoms with Crippen molar-refractivity contribution in [3.05, 3.63) is 114 Å². The van der Waals surface area contributed by atoms with Gasteiger partial charge in [-0.15, -0.1) is 0 Å². The van der Waals surface area contributed by atoms with Gasteiger partial charge in [0.2, 0.25) is 0 Å². The highest BCUT2D eigenvalue weighted by Crippen LogP contribution is 2.36. The quantitative estimate of drug-likeness (QED) is 0.486. The molecule has 0 aliphatic carbocycles. The van der Waals surface area contributed by atoms with E-state index in [0.29, 0.717) is 19.3 Å². The van der Waals surface area contributed by atoms with Crippen molar-refractivity contribution in [2.75, 3.05) is 26.3 Å². The maximum atomic E-state index is 6.20. The highest BCUT2D eigenvalue weighted by molar-refractivity contribution is 5.67. The van der Waals surface area contributed by atoms with Crippen LogP contribution in [-0.4, -0.2) is 37.2 Å². The van der Waals surface area contributed by atoms with Crippen LogP contribution in [0.2, 0.25) is 0 Å². The van der Waals surface area contributed by atoms with Crippen molar-refractivity contribution in [1.82, 2.24) is 4.90 Å². The summed E-state index contributed by atoms with van der Waals surface area (Å²) in [7, 11) is 0. The van der Waals surface area contributed by atoms with Crippen LogP contribution in [0.15, 0.2) is 97.1 Å². The Hall–Kier alpha value is -2.72. The Morgan fingerprint density at radius 2 is 1.41 bits per heavy atom. The summed E-state index contributed by atoms with van der Waals surface area (Å²) in [4.78, 5) is 2.61. The van der Waals surface area contributed by atoms with Crippen LogP contribution in [0.25, 0.3) is 5.57 Å². The van der Waals surface area contributed by atoms with Crippen molar-refractivity contribution in [2.24, 2.45) is 0 Å². The number of nitrogens with zero attached hydrogens (tertiary/aromatic N) is 1. The smallest absolute Gasteiger partial charge is 0.196 e. The van der Waals surface area contributed by atoms with Crippen molar-refractivity contribution in [2.45, 2.75) is 31.1 Å². The van der Waals surface area contributed by atoms with Gasteiger partial charge >= 0.3 is 0 Å². The third kappa shape index (κ3) is 4.71. The molecule has 0 amide bonds. The Kier molecular flexibility index (Phi) is 6.49. The lowest BCUT2D eigenvalue weighted by molar-refractivity contribution is -0.173. The van der Waals surface area contributed by atoms with E-state index in [2.05, 4.69) is 95.9 Å². The van der Waals surface area contributed by atoms with E-state index < -0.39 is 5.79 Å². The molecule has 3 heteroatoms. The molecule has 32 heavy (non-hydrogen) atoms. The van der Waals surface area contributed by atoms with E-state index in [4.69, 9.17) is 9.47 Å². The average Bonchev–Trinajstić information content (AvgIpc) is 3.35. The minimum atomic E-state index is -0.623. The van der Waals surface area contributed by atoms with E-state index >= 15 is 0 Å². The summed E-state index contributed by atoms with van der Waals surface area (Å²) in [6.07, 6.45) is 5.39. The van der Waals surface area contributed by atoms with Gasteiger partial charge in [0, 0.05) is 31.1 Å². The van der Waals surface area contributed by atoms with Crippen molar-refractivity contribution in [1.29, 1.82) is 0 Å². The Morgan fingerprint density at radius 3 is 2.09 bits per heavy atom. The first-order valence-electron chi connectivity index (χ1n) is 11.7. The van der Waals surface area contributed by atoms with E-state index in [1.807, 2.05) is 6.07 Å². The van der Waals surface area contributed by atoms with Crippen molar-refractivity contribution in [3.8, 4) is 0 Å². The fourth-order valence-corrected chi connectivity index (χ4v) is 4.96. The maximum Gasteiger partial charge on any atom is 0.196 e. The molecule has 0 N–H and O–H groups in total. The molecule has 1 unspecified atom stereocenters. The summed E-state index contributed by atoms with van der Waals surface area (Å²) in [5.41, 5.74) is 5.29. The van der Waals surface area contributed by atoms with Gasteiger partial charge in [-0.25, -0.2) is 0 Å². The minimum absolute atomic E-state index is 0.357. The standard InChI is InChI=1S/C29H31NO2/c1-4-10-24(11-5-1)22-28-23-26(25-12-6-2-7-13-25)16-18-30(28)19-17-29(31-20-21-32-29)27-14-8-3-9-15-27/h1-15,23,28H,16-22H2. The molecule has 3 aromatic carbocycles. The van der Waals surface area contributed by atoms with Crippen LogP contribution in [0.3, 0.4) is 0 Å². The second-order valence-corrected chi connectivity index (χ2v) is 8.67. The molecule has 1 atom stereocenters. The van der Waals surface area contributed by atoms with Crippen LogP contribution in [0.5, 0.6) is 0 Å². The Bertz CT molecular complexity index is 1010. The lowest BCUT2D eigenvalue weighted by Crippen LogP contribution is -2.42. The van der Waals surface area contributed by atoms with E-state index in [0.717, 1.165) is 37.9 Å². The molecule has 0 aromatic heterocycles. The second-order valence-electron chi connectivity index (χ2n) is 8.67. The van der Waals surface area contributed by atoms with E-state index in [1.165, 1.54) is 16.7 Å². The normalized spacial score (nSPS) is 20.8. The first-order chi connectivity index (χ1) is 15.8. The van der Waals surface area contributed by atoms with Gasteiger partial charge in [0.15, 0.2) is 5.79 Å². The van der Waals surface area contributed by atoms with Gasteiger partial charge < -0.3 is 9.47 Å². The topological polar surface area (TPSA) is 21.7 Å². The third-order valence-electron chi connectivity index (χ3n) is 6.66. The van der Waals surface area contributed by atoms with Crippen LogP contribution in [0.1, 0.15) is 29.5 Å². The van der Waals surface area contributed by atoms with Gasteiger partial charge in [0.05, 0.1) is 13.2 Å². The molecule has 0 bridgehead atoms. The molecule has 5 rings (SSSR count). The van der Waals surface area contributed by atoms with Crippen LogP contribution in [0.4, 0.5) is 0 Å². The van der Waals surface area contributed by atoms with Gasteiger partial charge in [-0.3, -0.25) is 4.90 Å². The van der Waals surface area contributed by atoms with E-state index in [-0.39, 0.29) is 0 Å². The lowest BCUT2D eigenvalue weighted by atomic mass is 9.92. The summed E-state index contributed by atoms with van der Waals surface area (Å²) < 4.78 is 12.4. The summed E-state index contributed by atoms with van der Waals surface area (Å²) in [5.74, 6) is -0.623. The zero-order chi connectivity index (χ0) is 21.6. The van der Waals surface area contributed by atoms with Gasteiger partial charge in [0.1, 0.15) is 0 Å². The maximum absolute atomic E-state index is 6.20. The van der Waals surface area contributed by atoms with Gasteiger partial charge in [-0.1, -0.05) is 97.1 Å². The zero-order valence-corrected chi connectivity index (χ0v) is 18.5. The van der Waals surface area contributed by atoms with Crippen LogP contribution in [-0.2, 0) is 21.7 Å². The highest BCUT2D eigenvalue weighted by atomic mass is 16.7. The fraction of sp³-hybridized carbons (Fsp3) is 0.310. The molecule has 3 nitrogen and oxygen atoms in total. The SMILES string of the molecule is C1=C(c2ccccc2)CCN(CCC2(c3ccccc3)OCCO2)C1Cc1ccccc1. The first-order valence-corrected chi connectivity index (χ1v) is 11.7. The van der Waals surface area contributed by atoms with Crippen LogP contribution in [0, 0.1) is 0 Å². The molecule has 2 aliphatic heterocycles. The number of benzene rings is 3. The van der Waals surface area contributed by atoms with Crippen molar-refractivity contribution < 1.29 is 9.47 Å². The summed E-state index contributed by atoms with van der Waals surface area (Å²) in [5, 5.41) is 0. The average molecular weight is 426 g/mol. The first kappa shape index (κ1) is 21.1. The molecular weight excluding hydrogens is 394 g/mol. The zero-order valence-electron chi connectivity index (χ0n) is 18.5. The molecule has 2 aliphatic rings. The monoisotopic (exact) mass is 425 g/mol. The summed E-state index contributed by atoms with van der Waals surface area (Å²) in [6.45, 7) is 3.29. The van der Waals surface area contributed by atoms with Gasteiger partial charge in [0.25, 0.3) is 0 Å². The van der Waals surface area contributed by atoms with Crippen molar-refractivity contribution in [3.63, 3.8) is 0 Å². The number of rotatable bonds is 7. The Labute approximate surface area is 191 Å². The van der Waals surface area contributed by atoms with Gasteiger partial charge in [-0.05, 0) is 29.5 Å². The van der Waals surface area contributed by atoms with Gasteiger partial charge in [-0.2, -0.15) is 0 Å².